The molecule has 1 heterocycles. The molecule has 0 spiro atoms. The minimum absolute atomic E-state index is 0.371. The summed E-state index contributed by atoms with van der Waals surface area (Å²) in [6.45, 7) is 1.93. The van der Waals surface area contributed by atoms with Gasteiger partial charge in [-0.25, -0.2) is 4.98 Å². The van der Waals surface area contributed by atoms with Crippen molar-refractivity contribution >= 4 is 33.1 Å². The van der Waals surface area contributed by atoms with E-state index in [1.807, 2.05) is 35.9 Å². The van der Waals surface area contributed by atoms with Crippen LogP contribution >= 0.6 is 28.1 Å². The minimum Gasteiger partial charge on any atom is -0.389 e. The van der Waals surface area contributed by atoms with Crippen LogP contribution < -0.4 is 5.73 Å². The number of nitrogens with two attached hydrogens (primary N) is 1. The fourth-order valence-electron chi connectivity index (χ4n) is 1.59. The number of aryl methyl sites for hydroxylation is 1. The Morgan fingerprint density at radius 1 is 1.50 bits per heavy atom. The number of hydrogen-bond acceptors (Lipinski definition) is 2. The van der Waals surface area contributed by atoms with Crippen LogP contribution in [0.4, 0.5) is 0 Å². The molecule has 5 heteroatoms. The Balaban J connectivity index is 2.70. The van der Waals surface area contributed by atoms with E-state index < -0.39 is 0 Å². The first kappa shape index (κ1) is 11.3. The second-order valence-corrected chi connectivity index (χ2v) is 4.64. The molecule has 16 heavy (non-hydrogen) atoms. The summed E-state index contributed by atoms with van der Waals surface area (Å²) in [6.07, 6.45) is 3.64. The Bertz CT molecular complexity index is 548. The zero-order chi connectivity index (χ0) is 11.7. The number of imidazole rings is 1. The Morgan fingerprint density at radius 2 is 2.25 bits per heavy atom. The van der Waals surface area contributed by atoms with E-state index in [9.17, 15) is 0 Å². The van der Waals surface area contributed by atoms with Gasteiger partial charge in [0, 0.05) is 22.4 Å². The molecule has 82 valence electrons. The summed E-state index contributed by atoms with van der Waals surface area (Å²) >= 11 is 8.52. The number of aromatic nitrogens is 2. The first-order valence-electron chi connectivity index (χ1n) is 4.70. The molecule has 0 aliphatic rings. The van der Waals surface area contributed by atoms with Gasteiger partial charge in [0.1, 0.15) is 10.8 Å². The highest BCUT2D eigenvalue weighted by Crippen LogP contribution is 2.24. The van der Waals surface area contributed by atoms with Gasteiger partial charge in [-0.15, -0.1) is 0 Å². The first-order valence-corrected chi connectivity index (χ1v) is 5.90. The standard InChI is InChI=1S/C11H10BrN3S/c1-7-14-5-6-15(7)9-4-2-3-8(12)10(9)11(13)16/h2-6H,1H3,(H2,13,16). The highest BCUT2D eigenvalue weighted by molar-refractivity contribution is 9.10. The van der Waals surface area contributed by atoms with Gasteiger partial charge in [-0.05, 0) is 35.0 Å². The van der Waals surface area contributed by atoms with Crippen molar-refractivity contribution in [2.45, 2.75) is 6.92 Å². The average Bonchev–Trinajstić information content (AvgIpc) is 2.63. The molecule has 0 unspecified atom stereocenters. The SMILES string of the molecule is Cc1nccn1-c1cccc(Br)c1C(N)=S. The van der Waals surface area contributed by atoms with E-state index in [1.54, 1.807) is 6.20 Å². The molecule has 2 rings (SSSR count). The van der Waals surface area contributed by atoms with E-state index in [1.165, 1.54) is 0 Å². The Hall–Kier alpha value is -1.20. The van der Waals surface area contributed by atoms with Crippen LogP contribution in [0, 0.1) is 6.92 Å². The van der Waals surface area contributed by atoms with Crippen molar-refractivity contribution < 1.29 is 0 Å². The van der Waals surface area contributed by atoms with Crippen molar-refractivity contribution in [3.63, 3.8) is 0 Å². The zero-order valence-electron chi connectivity index (χ0n) is 8.64. The molecule has 0 bridgehead atoms. The van der Waals surface area contributed by atoms with Gasteiger partial charge < -0.3 is 10.3 Å². The van der Waals surface area contributed by atoms with Crippen molar-refractivity contribution in [2.24, 2.45) is 5.73 Å². The van der Waals surface area contributed by atoms with Crippen LogP contribution in [-0.4, -0.2) is 14.5 Å². The Labute approximate surface area is 107 Å². The molecule has 0 saturated carbocycles. The summed E-state index contributed by atoms with van der Waals surface area (Å²) in [7, 11) is 0. The third-order valence-electron chi connectivity index (χ3n) is 2.32. The zero-order valence-corrected chi connectivity index (χ0v) is 11.0. The normalized spacial score (nSPS) is 10.4. The number of rotatable bonds is 2. The summed E-state index contributed by atoms with van der Waals surface area (Å²) in [5.41, 5.74) is 7.51. The van der Waals surface area contributed by atoms with Crippen molar-refractivity contribution in [1.29, 1.82) is 0 Å². The predicted molar refractivity (Wildman–Crippen MR) is 71.9 cm³/mol. The van der Waals surface area contributed by atoms with Gasteiger partial charge in [0.15, 0.2) is 0 Å². The van der Waals surface area contributed by atoms with E-state index in [4.69, 9.17) is 18.0 Å². The van der Waals surface area contributed by atoms with E-state index in [2.05, 4.69) is 20.9 Å². The van der Waals surface area contributed by atoms with Crippen molar-refractivity contribution in [1.82, 2.24) is 9.55 Å². The smallest absolute Gasteiger partial charge is 0.110 e. The van der Waals surface area contributed by atoms with Crippen LogP contribution in [0.15, 0.2) is 35.1 Å². The summed E-state index contributed by atoms with van der Waals surface area (Å²) in [5, 5.41) is 0. The third-order valence-corrected chi connectivity index (χ3v) is 3.19. The van der Waals surface area contributed by atoms with Crippen molar-refractivity contribution in [3.05, 3.63) is 46.5 Å². The maximum Gasteiger partial charge on any atom is 0.110 e. The van der Waals surface area contributed by atoms with Crippen molar-refractivity contribution in [2.75, 3.05) is 0 Å². The third kappa shape index (κ3) is 1.88. The van der Waals surface area contributed by atoms with Crippen LogP contribution in [0.1, 0.15) is 11.4 Å². The molecular formula is C11H10BrN3S. The molecule has 3 nitrogen and oxygen atoms in total. The van der Waals surface area contributed by atoms with Crippen LogP contribution in [0.3, 0.4) is 0 Å². The number of nitrogens with zero attached hydrogens (tertiary/aromatic N) is 2. The van der Waals surface area contributed by atoms with E-state index in [-0.39, 0.29) is 0 Å². The molecule has 2 N–H and O–H groups in total. The van der Waals surface area contributed by atoms with Crippen LogP contribution in [-0.2, 0) is 0 Å². The molecule has 1 aromatic carbocycles. The summed E-state index contributed by atoms with van der Waals surface area (Å²) in [6, 6.07) is 5.83. The van der Waals surface area contributed by atoms with Gasteiger partial charge in [-0.3, -0.25) is 0 Å². The number of halogens is 1. The molecular weight excluding hydrogens is 286 g/mol. The summed E-state index contributed by atoms with van der Waals surface area (Å²) in [4.78, 5) is 4.56. The lowest BCUT2D eigenvalue weighted by Crippen LogP contribution is -2.14. The van der Waals surface area contributed by atoms with E-state index >= 15 is 0 Å². The van der Waals surface area contributed by atoms with E-state index in [0.29, 0.717) is 4.99 Å². The lowest BCUT2D eigenvalue weighted by molar-refractivity contribution is 0.971. The number of thiocarbonyl (C=S) groups is 1. The van der Waals surface area contributed by atoms with Crippen LogP contribution in [0.2, 0.25) is 0 Å². The van der Waals surface area contributed by atoms with Gasteiger partial charge in [0.25, 0.3) is 0 Å². The lowest BCUT2D eigenvalue weighted by atomic mass is 10.1. The molecule has 0 fully saturated rings. The second-order valence-electron chi connectivity index (χ2n) is 3.34. The molecule has 0 aliphatic carbocycles. The van der Waals surface area contributed by atoms with Gasteiger partial charge in [-0.1, -0.05) is 18.3 Å². The highest BCUT2D eigenvalue weighted by Gasteiger charge is 2.11. The fraction of sp³-hybridized carbons (Fsp3) is 0.0909. The maximum atomic E-state index is 5.74. The molecule has 1 aromatic heterocycles. The average molecular weight is 296 g/mol. The topological polar surface area (TPSA) is 43.8 Å². The predicted octanol–water partition coefficient (Wildman–Crippen LogP) is 2.58. The molecule has 2 aromatic rings. The quantitative estimate of drug-likeness (QED) is 0.866. The van der Waals surface area contributed by atoms with Crippen molar-refractivity contribution in [3.8, 4) is 5.69 Å². The molecule has 0 radical (unpaired) electrons. The van der Waals surface area contributed by atoms with Gasteiger partial charge in [0.2, 0.25) is 0 Å². The molecule has 0 atom stereocenters. The van der Waals surface area contributed by atoms with Crippen LogP contribution in [0.25, 0.3) is 5.69 Å². The van der Waals surface area contributed by atoms with E-state index in [0.717, 1.165) is 21.5 Å². The first-order chi connectivity index (χ1) is 7.61. The van der Waals surface area contributed by atoms with Gasteiger partial charge in [-0.2, -0.15) is 0 Å². The van der Waals surface area contributed by atoms with Gasteiger partial charge >= 0.3 is 0 Å². The molecule has 0 saturated heterocycles. The molecule has 0 aliphatic heterocycles. The maximum absolute atomic E-state index is 5.74. The van der Waals surface area contributed by atoms with Gasteiger partial charge in [0.05, 0.1) is 5.69 Å². The number of benzene rings is 1. The number of hydrogen-bond donors (Lipinski definition) is 1. The highest BCUT2D eigenvalue weighted by atomic mass is 79.9. The minimum atomic E-state index is 0.371. The second kappa shape index (κ2) is 4.35. The largest absolute Gasteiger partial charge is 0.389 e. The molecule has 0 amide bonds. The summed E-state index contributed by atoms with van der Waals surface area (Å²) < 4.78 is 2.85. The van der Waals surface area contributed by atoms with Crippen LogP contribution in [0.5, 0.6) is 0 Å². The summed E-state index contributed by atoms with van der Waals surface area (Å²) in [5.74, 6) is 0.899. The Kier molecular flexibility index (Phi) is 3.07. The fourth-order valence-corrected chi connectivity index (χ4v) is 2.51. The lowest BCUT2D eigenvalue weighted by Gasteiger charge is -2.12. The monoisotopic (exact) mass is 295 g/mol. The Morgan fingerprint density at radius 3 is 2.81 bits per heavy atom.